The van der Waals surface area contributed by atoms with Gasteiger partial charge < -0.3 is 42.3 Å². The maximum atomic E-state index is 13.2. The van der Waals surface area contributed by atoms with Crippen LogP contribution in [0.15, 0.2) is 50.7 Å². The molecular weight excluding hydrogens is 660 g/mol. The number of benzene rings is 1. The van der Waals surface area contributed by atoms with Crippen molar-refractivity contribution in [1.82, 2.24) is 0 Å². The average molecular weight is 703 g/mol. The minimum atomic E-state index is -1.73. The lowest BCUT2D eigenvalue weighted by Gasteiger charge is -2.44. The van der Waals surface area contributed by atoms with Crippen molar-refractivity contribution in [2.75, 3.05) is 13.2 Å². The zero-order chi connectivity index (χ0) is 37.1. The Morgan fingerprint density at radius 3 is 2.00 bits per heavy atom. The van der Waals surface area contributed by atoms with Crippen LogP contribution in [0.25, 0.3) is 11.0 Å². The van der Waals surface area contributed by atoms with Gasteiger partial charge in [-0.3, -0.25) is 24.0 Å². The summed E-state index contributed by atoms with van der Waals surface area (Å²) in [6, 6.07) is 4.47. The third-order valence-electron chi connectivity index (χ3n) is 6.99. The molecule has 15 nitrogen and oxygen atoms in total. The van der Waals surface area contributed by atoms with Gasteiger partial charge in [-0.2, -0.15) is 0 Å². The molecule has 0 radical (unpaired) electrons. The number of carbonyl (C=O) groups is 5. The van der Waals surface area contributed by atoms with Gasteiger partial charge in [0, 0.05) is 40.7 Å². The molecule has 0 spiro atoms. The highest BCUT2D eigenvalue weighted by atomic mass is 16.7. The van der Waals surface area contributed by atoms with E-state index in [0.29, 0.717) is 5.75 Å². The van der Waals surface area contributed by atoms with Crippen LogP contribution in [0.4, 0.5) is 0 Å². The lowest BCUT2D eigenvalue weighted by Crippen LogP contribution is -2.63. The lowest BCUT2D eigenvalue weighted by molar-refractivity contribution is -0.288. The number of hydrogen-bond donors (Lipinski definition) is 0. The van der Waals surface area contributed by atoms with E-state index in [0.717, 1.165) is 53.0 Å². The smallest absolute Gasteiger partial charge is 0.383 e. The highest BCUT2D eigenvalue weighted by Crippen LogP contribution is 2.38. The molecule has 1 aliphatic rings. The topological polar surface area (TPSA) is 189 Å². The molecule has 0 unspecified atom stereocenters. The summed E-state index contributed by atoms with van der Waals surface area (Å²) in [5.41, 5.74) is 1.22. The van der Waals surface area contributed by atoms with E-state index >= 15 is 0 Å². The number of esters is 5. The molecule has 2 aromatic rings. The molecule has 0 amide bonds. The van der Waals surface area contributed by atoms with Gasteiger partial charge in [0.05, 0.1) is 5.39 Å². The number of ether oxygens (including phenoxy) is 8. The Morgan fingerprint density at radius 1 is 0.760 bits per heavy atom. The summed E-state index contributed by atoms with van der Waals surface area (Å²) in [5, 5.41) is 0.106. The first-order chi connectivity index (χ1) is 23.5. The van der Waals surface area contributed by atoms with Crippen molar-refractivity contribution < 1.29 is 66.3 Å². The third-order valence-corrected chi connectivity index (χ3v) is 6.99. The highest BCUT2D eigenvalue weighted by Gasteiger charge is 2.53. The molecule has 5 atom stereocenters. The van der Waals surface area contributed by atoms with Crippen molar-refractivity contribution in [3.05, 3.63) is 51.9 Å². The summed E-state index contributed by atoms with van der Waals surface area (Å²) >= 11 is 0. The molecule has 50 heavy (non-hydrogen) atoms. The van der Waals surface area contributed by atoms with E-state index in [1.807, 2.05) is 26.8 Å². The van der Waals surface area contributed by atoms with Crippen LogP contribution in [0.3, 0.4) is 0 Å². The van der Waals surface area contributed by atoms with Gasteiger partial charge in [0.1, 0.15) is 30.7 Å². The molecule has 2 heterocycles. The fourth-order valence-corrected chi connectivity index (χ4v) is 4.94. The zero-order valence-electron chi connectivity index (χ0n) is 29.2. The van der Waals surface area contributed by atoms with Crippen LogP contribution in [0, 0.1) is 0 Å². The summed E-state index contributed by atoms with van der Waals surface area (Å²) in [6.45, 7) is 11.2. The SMILES string of the molecule is CC(=O)OC[C@H]1O[C@@H](Oc2c(OC(C)=O)c(=O)oc3cc(OC/C=C(\C)CCC=C(C)C)ccc23)[C@H](OC(C)=O)[C@@H](OC(C)=O)[C@@H]1OC(C)=O. The Hall–Kier alpha value is -5.18. The molecular formula is C35H42O15. The largest absolute Gasteiger partial charge is 0.489 e. The van der Waals surface area contributed by atoms with Crippen molar-refractivity contribution in [2.45, 2.75) is 98.9 Å². The van der Waals surface area contributed by atoms with Gasteiger partial charge in [0.25, 0.3) is 5.75 Å². The van der Waals surface area contributed by atoms with E-state index in [2.05, 4.69) is 6.08 Å². The summed E-state index contributed by atoms with van der Waals surface area (Å²) in [6.07, 6.45) is -1.86. The van der Waals surface area contributed by atoms with Gasteiger partial charge in [-0.1, -0.05) is 17.2 Å². The Bertz CT molecular complexity index is 1700. The molecule has 1 aromatic carbocycles. The predicted molar refractivity (Wildman–Crippen MR) is 174 cm³/mol. The molecule has 1 fully saturated rings. The molecule has 15 heteroatoms. The van der Waals surface area contributed by atoms with Gasteiger partial charge in [0.2, 0.25) is 12.4 Å². The normalized spacial score (nSPS) is 20.2. The quantitative estimate of drug-likeness (QED) is 0.117. The Morgan fingerprint density at radius 2 is 1.40 bits per heavy atom. The first-order valence-electron chi connectivity index (χ1n) is 15.7. The molecule has 0 bridgehead atoms. The third kappa shape index (κ3) is 11.5. The van der Waals surface area contributed by atoms with Crippen LogP contribution in [-0.4, -0.2) is 73.8 Å². The number of carbonyl (C=O) groups excluding carboxylic acids is 5. The van der Waals surface area contributed by atoms with Gasteiger partial charge >= 0.3 is 35.5 Å². The van der Waals surface area contributed by atoms with E-state index in [1.165, 1.54) is 17.7 Å². The Labute approximate surface area is 288 Å². The van der Waals surface area contributed by atoms with Crippen molar-refractivity contribution in [3.8, 4) is 17.2 Å². The first-order valence-corrected chi connectivity index (χ1v) is 15.7. The minimum Gasteiger partial charge on any atom is -0.489 e. The second-order valence-corrected chi connectivity index (χ2v) is 11.7. The number of fused-ring (bicyclic) bond motifs is 1. The maximum absolute atomic E-state index is 13.2. The molecule has 0 N–H and O–H groups in total. The van der Waals surface area contributed by atoms with E-state index in [-0.39, 0.29) is 23.3 Å². The fraction of sp³-hybridized carbons (Fsp3) is 0.486. The van der Waals surface area contributed by atoms with Crippen molar-refractivity contribution in [2.24, 2.45) is 0 Å². The standard InChI is InChI=1S/C35H42O15/c1-18(2)10-9-11-19(3)14-15-42-25-12-13-26-27(16-25)48-34(41)32(46-23(7)39)29(26)50-35-33(47-24(8)40)31(45-22(6)38)30(44-21(5)37)28(49-35)17-43-20(4)36/h10,12-14,16,28,30-31,33,35H,9,11,15,17H2,1-8H3/b19-14+/t28-,30-,31+,33-,35+/m1/s1. The summed E-state index contributed by atoms with van der Waals surface area (Å²) in [4.78, 5) is 73.5. The molecule has 1 aliphatic heterocycles. The van der Waals surface area contributed by atoms with Gasteiger partial charge in [-0.15, -0.1) is 0 Å². The van der Waals surface area contributed by atoms with E-state index in [4.69, 9.17) is 42.3 Å². The number of allylic oxidation sites excluding steroid dienone is 3. The van der Waals surface area contributed by atoms with Crippen molar-refractivity contribution >= 4 is 40.8 Å². The maximum Gasteiger partial charge on any atom is 0.383 e. The van der Waals surface area contributed by atoms with E-state index < -0.39 is 78.5 Å². The molecule has 1 saturated heterocycles. The molecule has 3 rings (SSSR count). The van der Waals surface area contributed by atoms with Gasteiger partial charge in [0.15, 0.2) is 18.0 Å². The summed E-state index contributed by atoms with van der Waals surface area (Å²) < 4.78 is 50.0. The second kappa shape index (κ2) is 18.0. The molecule has 1 aromatic heterocycles. The lowest BCUT2D eigenvalue weighted by atomic mass is 9.98. The highest BCUT2D eigenvalue weighted by molar-refractivity contribution is 5.87. The Balaban J connectivity index is 2.09. The zero-order valence-corrected chi connectivity index (χ0v) is 29.2. The molecule has 0 aliphatic carbocycles. The van der Waals surface area contributed by atoms with Crippen LogP contribution < -0.4 is 19.8 Å². The second-order valence-electron chi connectivity index (χ2n) is 11.7. The van der Waals surface area contributed by atoms with E-state index in [1.54, 1.807) is 6.07 Å². The van der Waals surface area contributed by atoms with Crippen LogP contribution >= 0.6 is 0 Å². The summed E-state index contributed by atoms with van der Waals surface area (Å²) in [5.74, 6) is -4.84. The van der Waals surface area contributed by atoms with Crippen LogP contribution in [0.1, 0.15) is 68.2 Å². The molecule has 0 saturated carbocycles. The predicted octanol–water partition coefficient (Wildman–Crippen LogP) is 4.25. The number of hydrogen-bond acceptors (Lipinski definition) is 15. The van der Waals surface area contributed by atoms with Crippen LogP contribution in [-0.2, 0) is 47.7 Å². The Kier molecular flexibility index (Phi) is 14.1. The molecule has 272 valence electrons. The first kappa shape index (κ1) is 39.3. The van der Waals surface area contributed by atoms with Crippen molar-refractivity contribution in [3.63, 3.8) is 0 Å². The van der Waals surface area contributed by atoms with E-state index in [9.17, 15) is 28.8 Å². The monoisotopic (exact) mass is 702 g/mol. The van der Waals surface area contributed by atoms with Gasteiger partial charge in [-0.25, -0.2) is 4.79 Å². The minimum absolute atomic E-state index is 0.0340. The van der Waals surface area contributed by atoms with Crippen LogP contribution in [0.5, 0.6) is 17.2 Å². The number of rotatable bonds is 14. The fourth-order valence-electron chi connectivity index (χ4n) is 4.94. The summed E-state index contributed by atoms with van der Waals surface area (Å²) in [7, 11) is 0. The van der Waals surface area contributed by atoms with Crippen LogP contribution in [0.2, 0.25) is 0 Å². The van der Waals surface area contributed by atoms with Crippen molar-refractivity contribution in [1.29, 1.82) is 0 Å². The average Bonchev–Trinajstić information content (AvgIpc) is 2.99. The van der Waals surface area contributed by atoms with Gasteiger partial charge in [-0.05, 0) is 51.8 Å².